The molecular weight excluding hydrogens is 220 g/mol. The number of nitrogens with two attached hydrogens (primary N) is 1. The van der Waals surface area contributed by atoms with Crippen LogP contribution in [0.1, 0.15) is 26.7 Å². The molecule has 0 bridgehead atoms. The molecule has 0 aliphatic rings. The summed E-state index contributed by atoms with van der Waals surface area (Å²) in [7, 11) is 0. The van der Waals surface area contributed by atoms with E-state index in [0.717, 1.165) is 12.8 Å². The summed E-state index contributed by atoms with van der Waals surface area (Å²) in [6.45, 7) is 4.60. The van der Waals surface area contributed by atoms with Crippen molar-refractivity contribution in [2.75, 3.05) is 6.61 Å². The van der Waals surface area contributed by atoms with Crippen LogP contribution < -0.4 is 10.5 Å². The van der Waals surface area contributed by atoms with Gasteiger partial charge in [-0.1, -0.05) is 36.8 Å². The number of hydrogen-bond acceptors (Lipinski definition) is 4. The topological polar surface area (TPSA) is 48.1 Å². The van der Waals surface area contributed by atoms with Crippen LogP contribution in [0.25, 0.3) is 0 Å². The number of hydrogen-bond donors (Lipinski definition) is 1. The predicted octanol–water partition coefficient (Wildman–Crippen LogP) is 2.69. The smallest absolute Gasteiger partial charge is 0.274 e. The average molecular weight is 235 g/mol. The molecule has 0 aliphatic heterocycles. The van der Waals surface area contributed by atoms with Crippen LogP contribution in [0, 0.1) is 0 Å². The Kier molecular flexibility index (Phi) is 4.16. The number of ether oxygens (including phenoxy) is 1. The number of aromatic nitrogens is 1. The van der Waals surface area contributed by atoms with Gasteiger partial charge in [-0.3, -0.25) is 0 Å². The van der Waals surface area contributed by atoms with E-state index in [1.165, 1.54) is 11.3 Å². The molecule has 2 N–H and O–H groups in total. The van der Waals surface area contributed by atoms with E-state index < -0.39 is 0 Å². The van der Waals surface area contributed by atoms with Gasteiger partial charge in [-0.25, -0.2) is 0 Å². The van der Waals surface area contributed by atoms with Gasteiger partial charge in [-0.15, -0.1) is 0 Å². The van der Waals surface area contributed by atoms with E-state index in [4.69, 9.17) is 22.1 Å². The third-order valence-corrected chi connectivity index (χ3v) is 3.42. The molecule has 0 aromatic carbocycles. The Hall–Kier alpha value is -0.320. The highest BCUT2D eigenvalue weighted by Crippen LogP contribution is 2.22. The van der Waals surface area contributed by atoms with E-state index in [1.807, 2.05) is 0 Å². The Balaban J connectivity index is 2.47. The Labute approximate surface area is 93.2 Å². The van der Waals surface area contributed by atoms with Gasteiger partial charge in [-0.05, 0) is 12.8 Å². The Morgan fingerprint density at radius 3 is 2.64 bits per heavy atom. The Morgan fingerprint density at radius 2 is 2.21 bits per heavy atom. The van der Waals surface area contributed by atoms with Gasteiger partial charge < -0.3 is 10.5 Å². The van der Waals surface area contributed by atoms with E-state index in [2.05, 4.69) is 18.8 Å². The van der Waals surface area contributed by atoms with E-state index in [9.17, 15) is 0 Å². The highest BCUT2D eigenvalue weighted by Gasteiger charge is 2.21. The van der Waals surface area contributed by atoms with Gasteiger partial charge in [0.25, 0.3) is 5.19 Å². The second-order valence-electron chi connectivity index (χ2n) is 3.29. The maximum absolute atomic E-state index is 6.07. The quantitative estimate of drug-likeness (QED) is 0.852. The molecule has 0 radical (unpaired) electrons. The molecule has 0 atom stereocenters. The predicted molar refractivity (Wildman–Crippen MR) is 60.1 cm³/mol. The van der Waals surface area contributed by atoms with Crippen LogP contribution in [0.15, 0.2) is 5.38 Å². The minimum Gasteiger partial charge on any atom is -0.468 e. The van der Waals surface area contributed by atoms with Crippen molar-refractivity contribution < 1.29 is 4.74 Å². The van der Waals surface area contributed by atoms with Crippen molar-refractivity contribution in [3.8, 4) is 5.19 Å². The zero-order valence-corrected chi connectivity index (χ0v) is 9.99. The molecule has 3 nitrogen and oxygen atoms in total. The molecular formula is C9H15ClN2OS. The number of nitrogens with zero attached hydrogens (tertiary/aromatic N) is 1. The molecule has 1 aromatic heterocycles. The average Bonchev–Trinajstić information content (AvgIpc) is 2.61. The highest BCUT2D eigenvalue weighted by atomic mass is 35.5. The van der Waals surface area contributed by atoms with E-state index in [0.29, 0.717) is 17.0 Å². The van der Waals surface area contributed by atoms with Gasteiger partial charge in [0.2, 0.25) is 0 Å². The van der Waals surface area contributed by atoms with Crippen molar-refractivity contribution in [2.24, 2.45) is 5.73 Å². The lowest BCUT2D eigenvalue weighted by atomic mass is 9.96. The van der Waals surface area contributed by atoms with Crippen LogP contribution in [0.5, 0.6) is 5.19 Å². The van der Waals surface area contributed by atoms with Crippen LogP contribution >= 0.6 is 22.9 Å². The normalized spacial score (nSPS) is 11.7. The summed E-state index contributed by atoms with van der Waals surface area (Å²) >= 11 is 7.06. The molecule has 0 fully saturated rings. The lowest BCUT2D eigenvalue weighted by Crippen LogP contribution is -2.44. The van der Waals surface area contributed by atoms with E-state index in [1.54, 1.807) is 5.38 Å². The lowest BCUT2D eigenvalue weighted by Gasteiger charge is -2.25. The largest absolute Gasteiger partial charge is 0.468 e. The molecule has 5 heteroatoms. The summed E-state index contributed by atoms with van der Waals surface area (Å²) in [4.78, 5) is 3.99. The summed E-state index contributed by atoms with van der Waals surface area (Å²) in [6, 6.07) is 0. The third-order valence-electron chi connectivity index (χ3n) is 2.35. The molecule has 0 unspecified atom stereocenters. The SMILES string of the molecule is CCC(N)(CC)COc1nc(Cl)cs1. The molecule has 1 heterocycles. The Morgan fingerprint density at radius 1 is 1.57 bits per heavy atom. The number of halogens is 1. The summed E-state index contributed by atoms with van der Waals surface area (Å²) in [5.41, 5.74) is 5.82. The monoisotopic (exact) mass is 234 g/mol. The summed E-state index contributed by atoms with van der Waals surface area (Å²) in [5, 5.41) is 2.81. The van der Waals surface area contributed by atoms with Crippen LogP contribution in [-0.4, -0.2) is 17.1 Å². The molecule has 1 aromatic rings. The van der Waals surface area contributed by atoms with E-state index >= 15 is 0 Å². The first-order chi connectivity index (χ1) is 6.59. The second kappa shape index (κ2) is 4.96. The van der Waals surface area contributed by atoms with Crippen molar-refractivity contribution in [3.63, 3.8) is 0 Å². The van der Waals surface area contributed by atoms with Gasteiger partial charge in [-0.2, -0.15) is 4.98 Å². The molecule has 0 saturated heterocycles. The molecule has 0 aliphatic carbocycles. The zero-order valence-electron chi connectivity index (χ0n) is 8.42. The van der Waals surface area contributed by atoms with Crippen molar-refractivity contribution in [1.29, 1.82) is 0 Å². The first kappa shape index (κ1) is 11.8. The fourth-order valence-corrected chi connectivity index (χ4v) is 1.75. The fourth-order valence-electron chi connectivity index (χ4n) is 0.965. The first-order valence-electron chi connectivity index (χ1n) is 4.62. The van der Waals surface area contributed by atoms with Gasteiger partial charge >= 0.3 is 0 Å². The van der Waals surface area contributed by atoms with Gasteiger partial charge in [0.1, 0.15) is 11.8 Å². The van der Waals surface area contributed by atoms with Crippen LogP contribution in [0.2, 0.25) is 5.15 Å². The second-order valence-corrected chi connectivity index (χ2v) is 4.50. The lowest BCUT2D eigenvalue weighted by molar-refractivity contribution is 0.206. The zero-order chi connectivity index (χ0) is 10.6. The van der Waals surface area contributed by atoms with E-state index in [-0.39, 0.29) is 5.54 Å². The standard InChI is InChI=1S/C9H15ClN2OS/c1-3-9(11,4-2)6-13-8-12-7(10)5-14-8/h5H,3-4,6,11H2,1-2H3. The summed E-state index contributed by atoms with van der Waals surface area (Å²) in [5.74, 6) is 0. The maximum atomic E-state index is 6.07. The molecule has 14 heavy (non-hydrogen) atoms. The van der Waals surface area contributed by atoms with Crippen molar-refractivity contribution >= 4 is 22.9 Å². The Bertz CT molecular complexity index is 286. The highest BCUT2D eigenvalue weighted by molar-refractivity contribution is 7.11. The fraction of sp³-hybridized carbons (Fsp3) is 0.667. The number of thiazole rings is 1. The van der Waals surface area contributed by atoms with Crippen LogP contribution in [-0.2, 0) is 0 Å². The summed E-state index contributed by atoms with van der Waals surface area (Å²) < 4.78 is 5.47. The third kappa shape index (κ3) is 3.12. The van der Waals surface area contributed by atoms with Gasteiger partial charge in [0.15, 0.2) is 0 Å². The summed E-state index contributed by atoms with van der Waals surface area (Å²) in [6.07, 6.45) is 1.78. The number of rotatable bonds is 5. The van der Waals surface area contributed by atoms with Crippen molar-refractivity contribution in [3.05, 3.63) is 10.5 Å². The van der Waals surface area contributed by atoms with Crippen LogP contribution in [0.4, 0.5) is 0 Å². The first-order valence-corrected chi connectivity index (χ1v) is 5.88. The maximum Gasteiger partial charge on any atom is 0.274 e. The van der Waals surface area contributed by atoms with Crippen molar-refractivity contribution in [1.82, 2.24) is 4.98 Å². The minimum absolute atomic E-state index is 0.252. The minimum atomic E-state index is -0.252. The van der Waals surface area contributed by atoms with Gasteiger partial charge in [0, 0.05) is 10.9 Å². The molecule has 0 spiro atoms. The molecule has 0 amide bonds. The molecule has 1 rings (SSSR count). The molecule has 80 valence electrons. The van der Waals surface area contributed by atoms with Crippen molar-refractivity contribution in [2.45, 2.75) is 32.2 Å². The van der Waals surface area contributed by atoms with Gasteiger partial charge in [0.05, 0.1) is 0 Å². The molecule has 0 saturated carbocycles. The van der Waals surface area contributed by atoms with Crippen LogP contribution in [0.3, 0.4) is 0 Å².